The van der Waals surface area contributed by atoms with Crippen molar-refractivity contribution in [1.82, 2.24) is 0 Å². The summed E-state index contributed by atoms with van der Waals surface area (Å²) in [4.78, 5) is 24.7. The van der Waals surface area contributed by atoms with Gasteiger partial charge in [-0.15, -0.1) is 0 Å². The Balaban J connectivity index is 1.83. The Morgan fingerprint density at radius 2 is 1.85 bits per heavy atom. The Bertz CT molecular complexity index is 974. The number of hydrogen-bond acceptors (Lipinski definition) is 4. The van der Waals surface area contributed by atoms with Gasteiger partial charge in [-0.05, 0) is 48.9 Å². The SMILES string of the molecule is NC(=O)c1cc(NS(=O)(=O)c2ccc(N3CCCC3=O)cc2)ccc1Cl. The maximum Gasteiger partial charge on any atom is 0.261 e. The minimum absolute atomic E-state index is 0.0229. The summed E-state index contributed by atoms with van der Waals surface area (Å²) in [5, 5.41) is 0.139. The van der Waals surface area contributed by atoms with E-state index in [2.05, 4.69) is 4.72 Å². The fourth-order valence-corrected chi connectivity index (χ4v) is 3.98. The van der Waals surface area contributed by atoms with Crippen LogP contribution in [0, 0.1) is 0 Å². The summed E-state index contributed by atoms with van der Waals surface area (Å²) >= 11 is 5.86. The maximum atomic E-state index is 12.5. The molecule has 1 heterocycles. The first kappa shape index (κ1) is 18.2. The summed E-state index contributed by atoms with van der Waals surface area (Å²) < 4.78 is 27.4. The normalized spacial score (nSPS) is 14.5. The second kappa shape index (κ2) is 6.97. The molecule has 7 nitrogen and oxygen atoms in total. The van der Waals surface area contributed by atoms with E-state index in [1.54, 1.807) is 17.0 Å². The van der Waals surface area contributed by atoms with Gasteiger partial charge in [0.25, 0.3) is 10.0 Å². The van der Waals surface area contributed by atoms with Gasteiger partial charge in [-0.3, -0.25) is 14.3 Å². The van der Waals surface area contributed by atoms with Crippen molar-refractivity contribution in [2.24, 2.45) is 5.73 Å². The van der Waals surface area contributed by atoms with Crippen molar-refractivity contribution in [2.45, 2.75) is 17.7 Å². The van der Waals surface area contributed by atoms with Crippen LogP contribution in [0.25, 0.3) is 0 Å². The van der Waals surface area contributed by atoms with Gasteiger partial charge >= 0.3 is 0 Å². The third kappa shape index (κ3) is 3.66. The Hall–Kier alpha value is -2.58. The van der Waals surface area contributed by atoms with Crippen molar-refractivity contribution in [3.8, 4) is 0 Å². The van der Waals surface area contributed by atoms with E-state index in [4.69, 9.17) is 17.3 Å². The van der Waals surface area contributed by atoms with Crippen LogP contribution in [-0.2, 0) is 14.8 Å². The molecule has 2 aromatic carbocycles. The van der Waals surface area contributed by atoms with E-state index in [1.807, 2.05) is 0 Å². The number of nitrogens with zero attached hydrogens (tertiary/aromatic N) is 1. The van der Waals surface area contributed by atoms with Gasteiger partial charge in [0.05, 0.1) is 15.5 Å². The highest BCUT2D eigenvalue weighted by Gasteiger charge is 2.22. The molecular weight excluding hydrogens is 378 g/mol. The van der Waals surface area contributed by atoms with Crippen molar-refractivity contribution >= 4 is 44.8 Å². The number of sulfonamides is 1. The molecule has 9 heteroatoms. The minimum atomic E-state index is -3.87. The number of nitrogens with two attached hydrogens (primary N) is 1. The third-order valence-electron chi connectivity index (χ3n) is 4.02. The van der Waals surface area contributed by atoms with Crippen LogP contribution >= 0.6 is 11.6 Å². The first-order valence-corrected chi connectivity index (χ1v) is 9.67. The molecule has 1 fully saturated rings. The highest BCUT2D eigenvalue weighted by molar-refractivity contribution is 7.92. The molecule has 136 valence electrons. The van der Waals surface area contributed by atoms with E-state index < -0.39 is 15.9 Å². The summed E-state index contributed by atoms with van der Waals surface area (Å²) in [5.74, 6) is -0.727. The second-order valence-corrected chi connectivity index (χ2v) is 7.90. The van der Waals surface area contributed by atoms with Crippen LogP contribution in [0.1, 0.15) is 23.2 Å². The van der Waals surface area contributed by atoms with Crippen LogP contribution in [-0.4, -0.2) is 26.8 Å². The number of primary amides is 1. The van der Waals surface area contributed by atoms with Crippen molar-refractivity contribution < 1.29 is 18.0 Å². The van der Waals surface area contributed by atoms with Crippen LogP contribution in [0.3, 0.4) is 0 Å². The van der Waals surface area contributed by atoms with Gasteiger partial charge < -0.3 is 10.6 Å². The van der Waals surface area contributed by atoms with Crippen LogP contribution in [0.15, 0.2) is 47.4 Å². The van der Waals surface area contributed by atoms with E-state index in [-0.39, 0.29) is 27.1 Å². The summed E-state index contributed by atoms with van der Waals surface area (Å²) in [6.45, 7) is 0.629. The smallest absolute Gasteiger partial charge is 0.261 e. The number of halogens is 1. The van der Waals surface area contributed by atoms with Gasteiger partial charge in [0, 0.05) is 24.3 Å². The minimum Gasteiger partial charge on any atom is -0.366 e. The maximum absolute atomic E-state index is 12.5. The second-order valence-electron chi connectivity index (χ2n) is 5.81. The highest BCUT2D eigenvalue weighted by atomic mass is 35.5. The first-order chi connectivity index (χ1) is 12.3. The number of amides is 2. The quantitative estimate of drug-likeness (QED) is 0.812. The Labute approximate surface area is 155 Å². The molecule has 2 aromatic rings. The molecule has 0 saturated carbocycles. The van der Waals surface area contributed by atoms with Crippen LogP contribution in [0.5, 0.6) is 0 Å². The number of benzene rings is 2. The van der Waals surface area contributed by atoms with Gasteiger partial charge in [0.2, 0.25) is 11.8 Å². The fraction of sp³-hybridized carbons (Fsp3) is 0.176. The van der Waals surface area contributed by atoms with Crippen LogP contribution < -0.4 is 15.4 Å². The monoisotopic (exact) mass is 393 g/mol. The molecule has 1 aliphatic rings. The molecule has 0 spiro atoms. The molecule has 0 unspecified atom stereocenters. The van der Waals surface area contributed by atoms with E-state index in [0.29, 0.717) is 18.7 Å². The molecule has 0 atom stereocenters. The zero-order valence-corrected chi connectivity index (χ0v) is 15.2. The summed E-state index contributed by atoms with van der Waals surface area (Å²) in [6.07, 6.45) is 1.29. The standard InChI is InChI=1S/C17H16ClN3O4S/c18-15-8-3-11(10-14(15)17(19)23)20-26(24,25)13-6-4-12(5-7-13)21-9-1-2-16(21)22/h3-8,10,20H,1-2,9H2,(H2,19,23). The lowest BCUT2D eigenvalue weighted by atomic mass is 10.2. The van der Waals surface area contributed by atoms with E-state index >= 15 is 0 Å². The Morgan fingerprint density at radius 1 is 1.15 bits per heavy atom. The van der Waals surface area contributed by atoms with Crippen molar-refractivity contribution in [2.75, 3.05) is 16.2 Å². The van der Waals surface area contributed by atoms with Gasteiger partial charge in [-0.2, -0.15) is 0 Å². The predicted octanol–water partition coefficient (Wildman–Crippen LogP) is 2.37. The third-order valence-corrected chi connectivity index (χ3v) is 5.74. The van der Waals surface area contributed by atoms with Gasteiger partial charge in [-0.25, -0.2) is 8.42 Å². The predicted molar refractivity (Wildman–Crippen MR) is 98.8 cm³/mol. The zero-order valence-electron chi connectivity index (χ0n) is 13.6. The molecule has 1 aliphatic heterocycles. The van der Waals surface area contributed by atoms with Crippen molar-refractivity contribution in [3.63, 3.8) is 0 Å². The fourth-order valence-electron chi connectivity index (χ4n) is 2.72. The molecule has 1 saturated heterocycles. The van der Waals surface area contributed by atoms with Crippen LogP contribution in [0.4, 0.5) is 11.4 Å². The van der Waals surface area contributed by atoms with Gasteiger partial charge in [-0.1, -0.05) is 11.6 Å². The summed E-state index contributed by atoms with van der Waals surface area (Å²) in [6, 6.07) is 10.1. The summed E-state index contributed by atoms with van der Waals surface area (Å²) in [7, 11) is -3.87. The summed E-state index contributed by atoms with van der Waals surface area (Å²) in [5.41, 5.74) is 6.07. The lowest BCUT2D eigenvalue weighted by molar-refractivity contribution is -0.117. The topological polar surface area (TPSA) is 110 Å². The zero-order chi connectivity index (χ0) is 18.9. The molecule has 0 radical (unpaired) electrons. The lowest BCUT2D eigenvalue weighted by Gasteiger charge is -2.16. The van der Waals surface area contributed by atoms with Crippen LogP contribution in [0.2, 0.25) is 5.02 Å². The molecule has 2 amide bonds. The molecule has 3 N–H and O–H groups in total. The number of nitrogens with one attached hydrogen (secondary N) is 1. The van der Waals surface area contributed by atoms with E-state index in [0.717, 1.165) is 6.42 Å². The molecule has 26 heavy (non-hydrogen) atoms. The molecule has 0 bridgehead atoms. The van der Waals surface area contributed by atoms with Crippen molar-refractivity contribution in [3.05, 3.63) is 53.1 Å². The van der Waals surface area contributed by atoms with E-state index in [1.165, 1.54) is 30.3 Å². The number of hydrogen-bond donors (Lipinski definition) is 2. The average Bonchev–Trinajstić information content (AvgIpc) is 3.02. The van der Waals surface area contributed by atoms with Crippen molar-refractivity contribution in [1.29, 1.82) is 0 Å². The Morgan fingerprint density at radius 3 is 2.42 bits per heavy atom. The first-order valence-electron chi connectivity index (χ1n) is 7.80. The van der Waals surface area contributed by atoms with Gasteiger partial charge in [0.1, 0.15) is 0 Å². The number of carbonyl (C=O) groups excluding carboxylic acids is 2. The lowest BCUT2D eigenvalue weighted by Crippen LogP contribution is -2.23. The molecule has 3 rings (SSSR count). The molecule has 0 aliphatic carbocycles. The number of anilines is 2. The Kier molecular flexibility index (Phi) is 4.88. The highest BCUT2D eigenvalue weighted by Crippen LogP contribution is 2.25. The van der Waals surface area contributed by atoms with Gasteiger partial charge in [0.15, 0.2) is 0 Å². The number of rotatable bonds is 5. The van der Waals surface area contributed by atoms with E-state index in [9.17, 15) is 18.0 Å². The molecule has 0 aromatic heterocycles. The molecular formula is C17H16ClN3O4S. The largest absolute Gasteiger partial charge is 0.366 e. The average molecular weight is 394 g/mol. The number of carbonyl (C=O) groups is 2.